The molecule has 0 fully saturated rings. The average molecular weight is 259 g/mol. The first-order valence-electron chi connectivity index (χ1n) is 6.15. The predicted octanol–water partition coefficient (Wildman–Crippen LogP) is 2.64. The van der Waals surface area contributed by atoms with Gasteiger partial charge in [0.05, 0.1) is 5.69 Å². The highest BCUT2D eigenvalue weighted by atomic mass is 19.1. The van der Waals surface area contributed by atoms with Crippen molar-refractivity contribution in [3.63, 3.8) is 0 Å². The summed E-state index contributed by atoms with van der Waals surface area (Å²) < 4.78 is 19.5. The number of nitrogens with one attached hydrogen (secondary N) is 1. The molecule has 0 aliphatic carbocycles. The van der Waals surface area contributed by atoms with Gasteiger partial charge in [-0.2, -0.15) is 0 Å². The van der Waals surface area contributed by atoms with Crippen LogP contribution in [0.2, 0.25) is 0 Å². The molecule has 2 aromatic rings. The molecule has 1 aliphatic rings. The summed E-state index contributed by atoms with van der Waals surface area (Å²) in [4.78, 5) is 8.39. The number of rotatable bonds is 2. The van der Waals surface area contributed by atoms with Crippen molar-refractivity contribution in [2.75, 3.05) is 12.4 Å². The molecule has 0 saturated heterocycles. The van der Waals surface area contributed by atoms with Gasteiger partial charge in [-0.3, -0.25) is 0 Å². The van der Waals surface area contributed by atoms with Crippen molar-refractivity contribution in [2.45, 2.75) is 19.4 Å². The third-order valence-corrected chi connectivity index (χ3v) is 3.21. The summed E-state index contributed by atoms with van der Waals surface area (Å²) in [5.74, 6) is 1.16. The summed E-state index contributed by atoms with van der Waals surface area (Å²) in [6.07, 6.45) is 0.466. The van der Waals surface area contributed by atoms with Crippen LogP contribution in [0.5, 0.6) is 5.75 Å². The molecule has 0 spiro atoms. The molecule has 5 heteroatoms. The van der Waals surface area contributed by atoms with Crippen LogP contribution in [0.15, 0.2) is 24.3 Å². The minimum Gasteiger partial charge on any atom is -0.482 e. The van der Waals surface area contributed by atoms with Crippen molar-refractivity contribution in [1.29, 1.82) is 0 Å². The van der Waals surface area contributed by atoms with Crippen LogP contribution < -0.4 is 10.1 Å². The zero-order valence-corrected chi connectivity index (χ0v) is 10.8. The number of benzene rings is 1. The Kier molecular flexibility index (Phi) is 2.81. The average Bonchev–Trinajstić information content (AvgIpc) is 2.85. The number of aryl methyl sites for hydroxylation is 1. The first-order chi connectivity index (χ1) is 9.19. The van der Waals surface area contributed by atoms with Crippen molar-refractivity contribution >= 4 is 5.82 Å². The maximum Gasteiger partial charge on any atom is 0.186 e. The topological polar surface area (TPSA) is 47.0 Å². The van der Waals surface area contributed by atoms with Crippen LogP contribution in [-0.2, 0) is 6.42 Å². The Morgan fingerprint density at radius 3 is 2.84 bits per heavy atom. The van der Waals surface area contributed by atoms with Crippen molar-refractivity contribution < 1.29 is 9.13 Å². The largest absolute Gasteiger partial charge is 0.482 e. The van der Waals surface area contributed by atoms with Crippen LogP contribution in [0, 0.1) is 12.7 Å². The van der Waals surface area contributed by atoms with Crippen LogP contribution >= 0.6 is 0 Å². The number of hydrogen-bond donors (Lipinski definition) is 1. The molecule has 3 rings (SSSR count). The van der Waals surface area contributed by atoms with Gasteiger partial charge in [-0.25, -0.2) is 14.4 Å². The molecule has 0 radical (unpaired) electrons. The molecular weight excluding hydrogens is 245 g/mol. The molecule has 4 nitrogen and oxygen atoms in total. The maximum absolute atomic E-state index is 13.7. The Balaban J connectivity index is 1.95. The fourth-order valence-electron chi connectivity index (χ4n) is 2.22. The smallest absolute Gasteiger partial charge is 0.186 e. The lowest BCUT2D eigenvalue weighted by atomic mass is 10.1. The quantitative estimate of drug-likeness (QED) is 0.900. The van der Waals surface area contributed by atoms with E-state index in [4.69, 9.17) is 4.74 Å². The van der Waals surface area contributed by atoms with Crippen LogP contribution in [0.25, 0.3) is 0 Å². The number of aromatic nitrogens is 2. The standard InChI is InChI=1S/C14H14FN3O/c1-8-12(15)14(16-2)18-13(17-8)11-7-9-5-3-4-6-10(9)19-11/h3-6,11H,7H2,1-2H3,(H,16,17,18). The minimum absolute atomic E-state index is 0.210. The molecule has 0 bridgehead atoms. The molecule has 1 N–H and O–H groups in total. The van der Waals surface area contributed by atoms with E-state index in [1.54, 1.807) is 14.0 Å². The summed E-state index contributed by atoms with van der Waals surface area (Å²) in [7, 11) is 1.64. The second-order valence-electron chi connectivity index (χ2n) is 4.50. The Bertz CT molecular complexity index is 605. The normalized spacial score (nSPS) is 16.9. The fourth-order valence-corrected chi connectivity index (χ4v) is 2.22. The highest BCUT2D eigenvalue weighted by Crippen LogP contribution is 2.35. The summed E-state index contributed by atoms with van der Waals surface area (Å²) in [6, 6.07) is 7.84. The van der Waals surface area contributed by atoms with Gasteiger partial charge in [-0.1, -0.05) is 18.2 Å². The van der Waals surface area contributed by atoms with E-state index in [0.717, 1.165) is 11.3 Å². The predicted molar refractivity (Wildman–Crippen MR) is 69.8 cm³/mol. The number of ether oxygens (including phenoxy) is 1. The van der Waals surface area contributed by atoms with Crippen molar-refractivity contribution in [3.05, 3.63) is 47.2 Å². The summed E-state index contributed by atoms with van der Waals surface area (Å²) in [5.41, 5.74) is 1.46. The molecule has 0 amide bonds. The van der Waals surface area contributed by atoms with Gasteiger partial charge in [0.2, 0.25) is 0 Å². The van der Waals surface area contributed by atoms with E-state index in [9.17, 15) is 4.39 Å². The second kappa shape index (κ2) is 4.50. The SMILES string of the molecule is CNc1nc(C2Cc3ccccc3O2)nc(C)c1F. The van der Waals surface area contributed by atoms with Crippen molar-refractivity contribution in [2.24, 2.45) is 0 Å². The van der Waals surface area contributed by atoms with Gasteiger partial charge in [0.1, 0.15) is 5.75 Å². The lowest BCUT2D eigenvalue weighted by molar-refractivity contribution is 0.227. The van der Waals surface area contributed by atoms with Crippen LogP contribution in [0.1, 0.15) is 23.2 Å². The van der Waals surface area contributed by atoms with Gasteiger partial charge in [-0.05, 0) is 18.6 Å². The third kappa shape index (κ3) is 2.01. The second-order valence-corrected chi connectivity index (χ2v) is 4.50. The molecule has 0 saturated carbocycles. The van der Waals surface area contributed by atoms with E-state index in [1.165, 1.54) is 0 Å². The van der Waals surface area contributed by atoms with E-state index in [0.29, 0.717) is 17.9 Å². The van der Waals surface area contributed by atoms with Crippen molar-refractivity contribution in [3.8, 4) is 5.75 Å². The van der Waals surface area contributed by atoms with E-state index in [2.05, 4.69) is 15.3 Å². The maximum atomic E-state index is 13.7. The van der Waals surface area contributed by atoms with Gasteiger partial charge in [-0.15, -0.1) is 0 Å². The molecular formula is C14H14FN3O. The van der Waals surface area contributed by atoms with Crippen LogP contribution in [-0.4, -0.2) is 17.0 Å². The molecule has 19 heavy (non-hydrogen) atoms. The molecule has 98 valence electrons. The number of nitrogens with zero attached hydrogens (tertiary/aromatic N) is 2. The number of halogens is 1. The summed E-state index contributed by atoms with van der Waals surface area (Å²) in [6.45, 7) is 1.63. The lowest BCUT2D eigenvalue weighted by Gasteiger charge is -2.12. The summed E-state index contributed by atoms with van der Waals surface area (Å²) >= 11 is 0. The van der Waals surface area contributed by atoms with Gasteiger partial charge >= 0.3 is 0 Å². The zero-order valence-electron chi connectivity index (χ0n) is 10.8. The van der Waals surface area contributed by atoms with Gasteiger partial charge < -0.3 is 10.1 Å². The minimum atomic E-state index is -0.415. The number of para-hydroxylation sites is 1. The van der Waals surface area contributed by atoms with Crippen LogP contribution in [0.3, 0.4) is 0 Å². The molecule has 1 unspecified atom stereocenters. The highest BCUT2D eigenvalue weighted by Gasteiger charge is 2.27. The number of fused-ring (bicyclic) bond motifs is 1. The fraction of sp³-hybridized carbons (Fsp3) is 0.286. The third-order valence-electron chi connectivity index (χ3n) is 3.21. The highest BCUT2D eigenvalue weighted by molar-refractivity contribution is 5.41. The number of anilines is 1. The molecule has 2 heterocycles. The van der Waals surface area contributed by atoms with Gasteiger partial charge in [0.25, 0.3) is 0 Å². The Morgan fingerprint density at radius 1 is 1.32 bits per heavy atom. The van der Waals surface area contributed by atoms with E-state index < -0.39 is 5.82 Å². The Labute approximate surface area is 110 Å². The lowest BCUT2D eigenvalue weighted by Crippen LogP contribution is -2.12. The van der Waals surface area contributed by atoms with Gasteiger partial charge in [0, 0.05) is 13.5 Å². The molecule has 1 aromatic heterocycles. The van der Waals surface area contributed by atoms with E-state index in [-0.39, 0.29) is 11.9 Å². The van der Waals surface area contributed by atoms with Crippen molar-refractivity contribution in [1.82, 2.24) is 9.97 Å². The van der Waals surface area contributed by atoms with E-state index in [1.807, 2.05) is 24.3 Å². The first-order valence-corrected chi connectivity index (χ1v) is 6.15. The first kappa shape index (κ1) is 11.9. The Morgan fingerprint density at radius 2 is 2.11 bits per heavy atom. The summed E-state index contributed by atoms with van der Waals surface area (Å²) in [5, 5.41) is 2.74. The number of hydrogen-bond acceptors (Lipinski definition) is 4. The zero-order chi connectivity index (χ0) is 13.4. The van der Waals surface area contributed by atoms with Crippen LogP contribution in [0.4, 0.5) is 10.2 Å². The Hall–Kier alpha value is -2.17. The van der Waals surface area contributed by atoms with E-state index >= 15 is 0 Å². The monoisotopic (exact) mass is 259 g/mol. The van der Waals surface area contributed by atoms with Gasteiger partial charge in [0.15, 0.2) is 23.6 Å². The molecule has 1 aromatic carbocycles. The molecule has 1 aliphatic heterocycles. The molecule has 1 atom stereocenters.